The molecule has 2 unspecified atom stereocenters. The summed E-state index contributed by atoms with van der Waals surface area (Å²) in [6.45, 7) is 4.13. The molecule has 0 amide bonds. The van der Waals surface area contributed by atoms with Crippen LogP contribution in [0.1, 0.15) is 24.0 Å². The van der Waals surface area contributed by atoms with Crippen molar-refractivity contribution in [1.82, 2.24) is 15.2 Å². The minimum Gasteiger partial charge on any atom is -0.384 e. The molecule has 3 aliphatic rings. The number of hydrogen-bond donors (Lipinski definition) is 1. The molecule has 1 aromatic carbocycles. The minimum absolute atomic E-state index is 0.136. The van der Waals surface area contributed by atoms with Crippen molar-refractivity contribution in [2.45, 2.75) is 25.9 Å². The van der Waals surface area contributed by atoms with Crippen LogP contribution in [0.25, 0.3) is 0 Å². The van der Waals surface area contributed by atoms with Gasteiger partial charge in [0.2, 0.25) is 0 Å². The molecule has 2 atom stereocenters. The van der Waals surface area contributed by atoms with Crippen molar-refractivity contribution >= 4 is 27.9 Å². The maximum atomic E-state index is 13.6. The summed E-state index contributed by atoms with van der Waals surface area (Å²) < 4.78 is 14.6. The average Bonchev–Trinajstić information content (AvgIpc) is 2.84. The number of aliphatic imine (C=N–C) groups is 2. The Morgan fingerprint density at radius 3 is 2.94 bits per heavy atom. The molecule has 170 valence electrons. The normalized spacial score (nSPS) is 23.1. The maximum Gasteiger partial charge on any atom is 0.123 e. The number of piperidine rings is 1. The smallest absolute Gasteiger partial charge is 0.123 e. The van der Waals surface area contributed by atoms with Gasteiger partial charge < -0.3 is 5.32 Å². The molecule has 0 spiro atoms. The second-order valence-corrected chi connectivity index (χ2v) is 9.69. The maximum absolute atomic E-state index is 13.6. The van der Waals surface area contributed by atoms with Gasteiger partial charge >= 0.3 is 0 Å². The number of rotatable bonds is 6. The van der Waals surface area contributed by atoms with E-state index in [1.165, 1.54) is 6.07 Å². The van der Waals surface area contributed by atoms with Gasteiger partial charge in [-0.2, -0.15) is 0 Å². The zero-order valence-corrected chi connectivity index (χ0v) is 20.0. The van der Waals surface area contributed by atoms with Gasteiger partial charge in [-0.3, -0.25) is 19.9 Å². The molecule has 1 N–H and O–H groups in total. The number of aromatic nitrogens is 1. The Kier molecular flexibility index (Phi) is 6.78. The van der Waals surface area contributed by atoms with Crippen LogP contribution >= 0.6 is 15.9 Å². The second-order valence-electron chi connectivity index (χ2n) is 8.84. The summed E-state index contributed by atoms with van der Waals surface area (Å²) in [4.78, 5) is 16.3. The molecule has 1 fully saturated rings. The Hall–Kier alpha value is -2.64. The fourth-order valence-corrected chi connectivity index (χ4v) is 5.30. The van der Waals surface area contributed by atoms with Crippen LogP contribution in [0.15, 0.2) is 80.7 Å². The summed E-state index contributed by atoms with van der Waals surface area (Å²) in [5, 5.41) is 3.64. The molecule has 5 rings (SSSR count). The third-order valence-corrected chi connectivity index (χ3v) is 7.05. The molecule has 5 nitrogen and oxygen atoms in total. The summed E-state index contributed by atoms with van der Waals surface area (Å²) in [5.74, 6) is 0.304. The highest BCUT2D eigenvalue weighted by Gasteiger charge is 2.31. The SMILES string of the molecule is Fc1cccc(CN2CCCC(C3=NC4=C(Br)C=NCC4C(NCc4cccnc4)=C3)C2)c1. The van der Waals surface area contributed by atoms with Crippen LogP contribution < -0.4 is 5.32 Å². The van der Waals surface area contributed by atoms with E-state index >= 15 is 0 Å². The number of nitrogens with zero attached hydrogens (tertiary/aromatic N) is 4. The van der Waals surface area contributed by atoms with E-state index in [4.69, 9.17) is 4.99 Å². The molecule has 33 heavy (non-hydrogen) atoms. The standard InChI is InChI=1S/C26H27BrFN5/c27-23-15-30-14-22-25(31-13-19-5-2-8-29-12-19)11-24(32-26(22)23)20-6-3-9-33(17-20)16-18-4-1-7-21(28)10-18/h1-2,4-5,7-8,10-12,15,20,22,31H,3,6,9,13-14,16-17H2. The molecular weight excluding hydrogens is 481 g/mol. The van der Waals surface area contributed by atoms with Crippen LogP contribution in [0, 0.1) is 17.7 Å². The summed E-state index contributed by atoms with van der Waals surface area (Å²) >= 11 is 3.68. The van der Waals surface area contributed by atoms with Crippen molar-refractivity contribution in [2.24, 2.45) is 21.8 Å². The predicted octanol–water partition coefficient (Wildman–Crippen LogP) is 4.87. The molecular formula is C26H27BrFN5. The number of hydrogen-bond acceptors (Lipinski definition) is 5. The molecule has 2 aromatic rings. The van der Waals surface area contributed by atoms with Crippen molar-refractivity contribution < 1.29 is 4.39 Å². The van der Waals surface area contributed by atoms with Crippen LogP contribution in [0.3, 0.4) is 0 Å². The highest BCUT2D eigenvalue weighted by atomic mass is 79.9. The lowest BCUT2D eigenvalue weighted by Gasteiger charge is -2.35. The van der Waals surface area contributed by atoms with Gasteiger partial charge in [0, 0.05) is 55.6 Å². The van der Waals surface area contributed by atoms with Gasteiger partial charge in [-0.25, -0.2) is 4.39 Å². The van der Waals surface area contributed by atoms with Gasteiger partial charge in [-0.05, 0) is 70.7 Å². The van der Waals surface area contributed by atoms with Crippen LogP contribution in [-0.2, 0) is 13.1 Å². The van der Waals surface area contributed by atoms with Crippen molar-refractivity contribution in [1.29, 1.82) is 0 Å². The van der Waals surface area contributed by atoms with E-state index in [1.807, 2.05) is 24.5 Å². The first-order valence-electron chi connectivity index (χ1n) is 11.4. The summed E-state index contributed by atoms with van der Waals surface area (Å²) in [6, 6.07) is 11.0. The Balaban J connectivity index is 1.35. The molecule has 0 bridgehead atoms. The Morgan fingerprint density at radius 2 is 2.09 bits per heavy atom. The molecule has 0 radical (unpaired) electrons. The van der Waals surface area contributed by atoms with Gasteiger partial charge in [0.05, 0.1) is 22.6 Å². The summed E-state index contributed by atoms with van der Waals surface area (Å²) in [7, 11) is 0. The van der Waals surface area contributed by atoms with Crippen molar-refractivity contribution in [3.63, 3.8) is 0 Å². The monoisotopic (exact) mass is 507 g/mol. The Labute approximate surface area is 202 Å². The molecule has 1 aromatic heterocycles. The number of dihydropyridines is 2. The van der Waals surface area contributed by atoms with Crippen molar-refractivity contribution in [3.8, 4) is 0 Å². The van der Waals surface area contributed by atoms with Crippen LogP contribution in [-0.4, -0.2) is 41.4 Å². The van der Waals surface area contributed by atoms with E-state index in [1.54, 1.807) is 18.3 Å². The molecule has 7 heteroatoms. The highest BCUT2D eigenvalue weighted by molar-refractivity contribution is 9.12. The third kappa shape index (κ3) is 5.31. The number of benzene rings is 1. The fourth-order valence-electron chi connectivity index (χ4n) is 4.79. The molecule has 0 saturated carbocycles. The number of nitrogens with one attached hydrogen (secondary N) is 1. The molecule has 1 saturated heterocycles. The van der Waals surface area contributed by atoms with E-state index in [2.05, 4.69) is 48.3 Å². The van der Waals surface area contributed by atoms with E-state index in [-0.39, 0.29) is 11.7 Å². The van der Waals surface area contributed by atoms with Crippen molar-refractivity contribution in [2.75, 3.05) is 19.6 Å². The first kappa shape index (κ1) is 22.2. The summed E-state index contributed by atoms with van der Waals surface area (Å²) in [6.07, 6.45) is 10.0. The average molecular weight is 508 g/mol. The molecule has 3 aliphatic heterocycles. The van der Waals surface area contributed by atoms with E-state index < -0.39 is 0 Å². The first-order valence-corrected chi connectivity index (χ1v) is 12.2. The van der Waals surface area contributed by atoms with E-state index in [0.717, 1.165) is 65.2 Å². The number of fused-ring (bicyclic) bond motifs is 1. The quantitative estimate of drug-likeness (QED) is 0.606. The lowest BCUT2D eigenvalue weighted by molar-refractivity contribution is 0.196. The highest BCUT2D eigenvalue weighted by Crippen LogP contribution is 2.34. The zero-order chi connectivity index (χ0) is 22.6. The van der Waals surface area contributed by atoms with Gasteiger partial charge in [0.15, 0.2) is 0 Å². The number of likely N-dealkylation sites (tertiary alicyclic amines) is 1. The lowest BCUT2D eigenvalue weighted by Crippen LogP contribution is -2.39. The van der Waals surface area contributed by atoms with Crippen molar-refractivity contribution in [3.05, 3.63) is 87.7 Å². The van der Waals surface area contributed by atoms with E-state index in [9.17, 15) is 4.39 Å². The first-order chi connectivity index (χ1) is 16.2. The number of allylic oxidation sites excluding steroid dienone is 2. The fraction of sp³-hybridized carbons (Fsp3) is 0.346. The summed E-state index contributed by atoms with van der Waals surface area (Å²) in [5.41, 5.74) is 5.49. The Bertz CT molecular complexity index is 1120. The largest absolute Gasteiger partial charge is 0.384 e. The number of halogens is 2. The van der Waals surface area contributed by atoms with E-state index in [0.29, 0.717) is 19.0 Å². The third-order valence-electron chi connectivity index (χ3n) is 6.43. The van der Waals surface area contributed by atoms with Crippen LogP contribution in [0.5, 0.6) is 0 Å². The lowest BCUT2D eigenvalue weighted by atomic mass is 9.87. The minimum atomic E-state index is -0.174. The van der Waals surface area contributed by atoms with Gasteiger partial charge in [-0.1, -0.05) is 18.2 Å². The predicted molar refractivity (Wildman–Crippen MR) is 134 cm³/mol. The second kappa shape index (κ2) is 10.1. The number of pyridine rings is 1. The van der Waals surface area contributed by atoms with Crippen LogP contribution in [0.2, 0.25) is 0 Å². The molecule has 0 aliphatic carbocycles. The topological polar surface area (TPSA) is 52.9 Å². The zero-order valence-electron chi connectivity index (χ0n) is 18.4. The molecule has 4 heterocycles. The van der Waals surface area contributed by atoms with Gasteiger partial charge in [0.1, 0.15) is 5.82 Å². The van der Waals surface area contributed by atoms with Crippen LogP contribution in [0.4, 0.5) is 4.39 Å². The van der Waals surface area contributed by atoms with Gasteiger partial charge in [0.25, 0.3) is 0 Å². The van der Waals surface area contributed by atoms with Gasteiger partial charge in [-0.15, -0.1) is 0 Å². The Morgan fingerprint density at radius 1 is 1.18 bits per heavy atom.